The molecule has 0 fully saturated rings. The van der Waals surface area contributed by atoms with Crippen molar-refractivity contribution in [3.05, 3.63) is 42.2 Å². The van der Waals surface area contributed by atoms with Crippen LogP contribution in [0.2, 0.25) is 0 Å². The molecule has 0 saturated carbocycles. The molecule has 0 bridgehead atoms. The molecule has 0 radical (unpaired) electrons. The Kier molecular flexibility index (Phi) is 3.94. The van der Waals surface area contributed by atoms with Crippen molar-refractivity contribution >= 4 is 15.7 Å². The van der Waals surface area contributed by atoms with E-state index in [4.69, 9.17) is 0 Å². The summed E-state index contributed by atoms with van der Waals surface area (Å²) in [6.07, 6.45) is 5.15. The fraction of sp³-hybridized carbons (Fsp3) is 0.357. The van der Waals surface area contributed by atoms with E-state index in [9.17, 15) is 8.42 Å². The first-order chi connectivity index (χ1) is 10.1. The zero-order valence-electron chi connectivity index (χ0n) is 11.6. The van der Waals surface area contributed by atoms with Gasteiger partial charge in [-0.1, -0.05) is 0 Å². The summed E-state index contributed by atoms with van der Waals surface area (Å²) in [6.45, 7) is 1.97. The maximum atomic E-state index is 12.2. The third-order valence-electron chi connectivity index (χ3n) is 3.51. The summed E-state index contributed by atoms with van der Waals surface area (Å²) >= 11 is 0. The number of nitrogens with one attached hydrogen (secondary N) is 2. The summed E-state index contributed by atoms with van der Waals surface area (Å²) in [7, 11) is -3.43. The molecule has 1 aromatic carbocycles. The lowest BCUT2D eigenvalue weighted by atomic mass is 10.2. The standard InChI is InChI=1S/C14H18N4O2S/c19-21(20,17-7-2-10-18-9-1-6-16-18)13-3-4-14-12(11-13)5-8-15-14/h1,3-4,6,9,11,15,17H,2,5,7-8,10H2. The number of fused-ring (bicyclic) bond motifs is 1. The zero-order valence-corrected chi connectivity index (χ0v) is 12.4. The average molecular weight is 306 g/mol. The smallest absolute Gasteiger partial charge is 0.240 e. The topological polar surface area (TPSA) is 76.0 Å². The number of hydrogen-bond acceptors (Lipinski definition) is 4. The third-order valence-corrected chi connectivity index (χ3v) is 4.97. The minimum Gasteiger partial charge on any atom is -0.384 e. The van der Waals surface area contributed by atoms with E-state index < -0.39 is 10.0 Å². The Bertz CT molecular complexity index is 711. The van der Waals surface area contributed by atoms with Gasteiger partial charge >= 0.3 is 0 Å². The van der Waals surface area contributed by atoms with Crippen LogP contribution >= 0.6 is 0 Å². The Labute approximate surface area is 124 Å². The molecular formula is C14H18N4O2S. The van der Waals surface area contributed by atoms with Crippen molar-refractivity contribution in [1.82, 2.24) is 14.5 Å². The molecule has 2 aromatic rings. The van der Waals surface area contributed by atoms with E-state index in [0.29, 0.717) is 24.4 Å². The van der Waals surface area contributed by atoms with E-state index in [1.54, 1.807) is 23.0 Å². The Morgan fingerprint density at radius 1 is 1.38 bits per heavy atom. The highest BCUT2D eigenvalue weighted by Gasteiger charge is 2.17. The van der Waals surface area contributed by atoms with Crippen molar-refractivity contribution < 1.29 is 8.42 Å². The molecule has 6 nitrogen and oxygen atoms in total. The first kappa shape index (κ1) is 14.1. The lowest BCUT2D eigenvalue weighted by Gasteiger charge is -2.08. The lowest BCUT2D eigenvalue weighted by Crippen LogP contribution is -2.25. The van der Waals surface area contributed by atoms with Gasteiger partial charge in [-0.25, -0.2) is 13.1 Å². The van der Waals surface area contributed by atoms with Crippen LogP contribution in [0.3, 0.4) is 0 Å². The van der Waals surface area contributed by atoms with Crippen LogP contribution in [0, 0.1) is 0 Å². The number of nitrogens with zero attached hydrogens (tertiary/aromatic N) is 2. The SMILES string of the molecule is O=S(=O)(NCCCn1cccn1)c1ccc2c(c1)CCN2. The Balaban J connectivity index is 1.59. The fourth-order valence-corrected chi connectivity index (χ4v) is 3.54. The van der Waals surface area contributed by atoms with Gasteiger partial charge in [-0.05, 0) is 42.7 Å². The quantitative estimate of drug-likeness (QED) is 0.787. The Hall–Kier alpha value is -1.86. The Morgan fingerprint density at radius 2 is 2.29 bits per heavy atom. The summed E-state index contributed by atoms with van der Waals surface area (Å²) in [4.78, 5) is 0.337. The summed E-state index contributed by atoms with van der Waals surface area (Å²) in [5.74, 6) is 0. The van der Waals surface area contributed by atoms with Crippen molar-refractivity contribution in [2.75, 3.05) is 18.4 Å². The van der Waals surface area contributed by atoms with E-state index in [1.807, 2.05) is 18.3 Å². The first-order valence-corrected chi connectivity index (χ1v) is 8.47. The molecule has 0 unspecified atom stereocenters. The van der Waals surface area contributed by atoms with Crippen LogP contribution < -0.4 is 10.0 Å². The molecule has 0 amide bonds. The van der Waals surface area contributed by atoms with Gasteiger partial charge in [0.15, 0.2) is 0 Å². The molecule has 0 atom stereocenters. The summed E-state index contributed by atoms with van der Waals surface area (Å²) in [5, 5.41) is 7.30. The molecule has 112 valence electrons. The number of aryl methyl sites for hydroxylation is 1. The summed E-state index contributed by atoms with van der Waals surface area (Å²) in [5.41, 5.74) is 2.10. The predicted molar refractivity (Wildman–Crippen MR) is 80.7 cm³/mol. The van der Waals surface area contributed by atoms with Crippen LogP contribution in [0.15, 0.2) is 41.6 Å². The van der Waals surface area contributed by atoms with Gasteiger partial charge in [0.1, 0.15) is 0 Å². The highest BCUT2D eigenvalue weighted by molar-refractivity contribution is 7.89. The molecule has 1 aliphatic rings. The largest absolute Gasteiger partial charge is 0.384 e. The normalized spacial score (nSPS) is 13.9. The first-order valence-electron chi connectivity index (χ1n) is 6.99. The molecule has 21 heavy (non-hydrogen) atoms. The van der Waals surface area contributed by atoms with Gasteiger partial charge in [0, 0.05) is 37.7 Å². The molecule has 0 aliphatic carbocycles. The van der Waals surface area contributed by atoms with Crippen molar-refractivity contribution in [3.8, 4) is 0 Å². The highest BCUT2D eigenvalue weighted by Crippen LogP contribution is 2.24. The van der Waals surface area contributed by atoms with Crippen LogP contribution in [0.5, 0.6) is 0 Å². The highest BCUT2D eigenvalue weighted by atomic mass is 32.2. The second kappa shape index (κ2) is 5.87. The maximum absolute atomic E-state index is 12.2. The molecule has 2 heterocycles. The van der Waals surface area contributed by atoms with Crippen LogP contribution in [0.4, 0.5) is 5.69 Å². The van der Waals surface area contributed by atoms with E-state index in [2.05, 4.69) is 15.1 Å². The number of rotatable bonds is 6. The molecule has 3 rings (SSSR count). The van der Waals surface area contributed by atoms with Gasteiger partial charge in [-0.15, -0.1) is 0 Å². The number of benzene rings is 1. The zero-order chi connectivity index (χ0) is 14.7. The average Bonchev–Trinajstić information content (AvgIpc) is 3.13. The second-order valence-corrected chi connectivity index (χ2v) is 6.78. The van der Waals surface area contributed by atoms with E-state index >= 15 is 0 Å². The van der Waals surface area contributed by atoms with Crippen molar-refractivity contribution in [3.63, 3.8) is 0 Å². The van der Waals surface area contributed by atoms with Gasteiger partial charge in [-0.3, -0.25) is 4.68 Å². The van der Waals surface area contributed by atoms with E-state index in [0.717, 1.165) is 24.2 Å². The van der Waals surface area contributed by atoms with Crippen molar-refractivity contribution in [1.29, 1.82) is 0 Å². The number of aromatic nitrogens is 2. The predicted octanol–water partition coefficient (Wildman–Crippen LogP) is 1.22. The molecule has 7 heteroatoms. The van der Waals surface area contributed by atoms with Crippen LogP contribution in [-0.2, 0) is 23.0 Å². The van der Waals surface area contributed by atoms with Gasteiger partial charge in [0.2, 0.25) is 10.0 Å². The molecule has 0 saturated heterocycles. The van der Waals surface area contributed by atoms with Gasteiger partial charge in [0.25, 0.3) is 0 Å². The number of anilines is 1. The molecule has 2 N–H and O–H groups in total. The lowest BCUT2D eigenvalue weighted by molar-refractivity contribution is 0.553. The summed E-state index contributed by atoms with van der Waals surface area (Å²) < 4.78 is 28.9. The molecule has 0 spiro atoms. The monoisotopic (exact) mass is 306 g/mol. The van der Waals surface area contributed by atoms with Crippen molar-refractivity contribution in [2.24, 2.45) is 0 Å². The minimum absolute atomic E-state index is 0.337. The second-order valence-electron chi connectivity index (χ2n) is 5.02. The summed E-state index contributed by atoms with van der Waals surface area (Å²) in [6, 6.07) is 7.08. The van der Waals surface area contributed by atoms with Crippen LogP contribution in [0.1, 0.15) is 12.0 Å². The van der Waals surface area contributed by atoms with Gasteiger partial charge < -0.3 is 5.32 Å². The van der Waals surface area contributed by atoms with E-state index in [1.165, 1.54) is 0 Å². The minimum atomic E-state index is -3.43. The fourth-order valence-electron chi connectivity index (χ4n) is 2.41. The maximum Gasteiger partial charge on any atom is 0.240 e. The number of sulfonamides is 1. The van der Waals surface area contributed by atoms with E-state index in [-0.39, 0.29) is 0 Å². The van der Waals surface area contributed by atoms with Gasteiger partial charge in [0.05, 0.1) is 4.90 Å². The van der Waals surface area contributed by atoms with Crippen LogP contribution in [0.25, 0.3) is 0 Å². The molecule has 1 aromatic heterocycles. The molecule has 1 aliphatic heterocycles. The number of hydrogen-bond donors (Lipinski definition) is 2. The third kappa shape index (κ3) is 3.25. The van der Waals surface area contributed by atoms with Crippen LogP contribution in [-0.4, -0.2) is 31.3 Å². The van der Waals surface area contributed by atoms with Gasteiger partial charge in [-0.2, -0.15) is 5.10 Å². The molecular weight excluding hydrogens is 288 g/mol. The van der Waals surface area contributed by atoms with Crippen molar-refractivity contribution in [2.45, 2.75) is 24.3 Å². The Morgan fingerprint density at radius 3 is 3.10 bits per heavy atom.